The van der Waals surface area contributed by atoms with Crippen LogP contribution in [0.4, 0.5) is 13.2 Å². The van der Waals surface area contributed by atoms with Gasteiger partial charge < -0.3 is 4.18 Å². The molecule has 3 rings (SSSR count). The third kappa shape index (κ3) is 2.69. The molecule has 0 aromatic carbocycles. The lowest BCUT2D eigenvalue weighted by atomic mass is 10.1. The molecule has 10 heteroatoms. The monoisotopic (exact) mass is 330 g/mol. The largest absolute Gasteiger partial charge is 0.508 e. The molecule has 0 amide bonds. The molecule has 1 unspecified atom stereocenters. The van der Waals surface area contributed by atoms with Gasteiger partial charge in [-0.25, -0.2) is 8.72 Å². The summed E-state index contributed by atoms with van der Waals surface area (Å²) in [5, 5.41) is 7.97. The number of halogens is 3. The number of hydrogen-bond donors (Lipinski definition) is 0. The first kappa shape index (κ1) is 14.6. The summed E-state index contributed by atoms with van der Waals surface area (Å²) >= 11 is -3.45. The Morgan fingerprint density at radius 1 is 1.23 bits per heavy atom. The van der Waals surface area contributed by atoms with Gasteiger partial charge in [0.2, 0.25) is 0 Å². The van der Waals surface area contributed by atoms with E-state index in [0.717, 1.165) is 0 Å². The first-order chi connectivity index (χ1) is 10.3. The molecule has 0 aliphatic rings. The van der Waals surface area contributed by atoms with Crippen LogP contribution in [0, 0.1) is 0 Å². The van der Waals surface area contributed by atoms with Crippen LogP contribution >= 0.6 is 0 Å². The van der Waals surface area contributed by atoms with Crippen molar-refractivity contribution in [3.05, 3.63) is 36.9 Å². The lowest BCUT2D eigenvalue weighted by Gasteiger charge is -2.10. The van der Waals surface area contributed by atoms with Gasteiger partial charge in [-0.05, 0) is 12.1 Å². The number of nitrogens with zero attached hydrogens (tertiary/aromatic N) is 4. The Kier molecular flexibility index (Phi) is 3.39. The molecule has 1 atom stereocenters. The molecular formula is C12H9F3N4O2S. The fourth-order valence-corrected chi connectivity index (χ4v) is 2.31. The van der Waals surface area contributed by atoms with Crippen LogP contribution in [0.2, 0.25) is 0 Å². The molecule has 116 valence electrons. The van der Waals surface area contributed by atoms with Crippen molar-refractivity contribution < 1.29 is 21.6 Å². The van der Waals surface area contributed by atoms with E-state index in [2.05, 4.69) is 14.4 Å². The SMILES string of the molecule is Cn1cc(-c2cc(OS(=O)C(F)(F)F)c3ccnn3c2)cn1. The van der Waals surface area contributed by atoms with Crippen molar-refractivity contribution in [2.75, 3.05) is 0 Å². The highest BCUT2D eigenvalue weighted by Gasteiger charge is 2.40. The number of rotatable bonds is 3. The Morgan fingerprint density at radius 2 is 2.00 bits per heavy atom. The molecule has 3 aromatic heterocycles. The van der Waals surface area contributed by atoms with Crippen molar-refractivity contribution in [2.45, 2.75) is 5.51 Å². The van der Waals surface area contributed by atoms with Gasteiger partial charge in [0, 0.05) is 30.6 Å². The van der Waals surface area contributed by atoms with Crippen LogP contribution in [0.25, 0.3) is 16.6 Å². The van der Waals surface area contributed by atoms with E-state index in [1.165, 1.54) is 22.8 Å². The molecule has 3 aromatic rings. The van der Waals surface area contributed by atoms with Crippen LogP contribution in [0.15, 0.2) is 36.9 Å². The standard InChI is InChI=1S/C12H9F3N4O2S/c1-18-6-9(5-17-18)8-4-11(21-22(20)12(13,14)15)10-2-3-16-19(10)7-8/h2-7H,1H3. The molecule has 0 aliphatic carbocycles. The van der Waals surface area contributed by atoms with Crippen molar-refractivity contribution >= 4 is 16.6 Å². The van der Waals surface area contributed by atoms with E-state index in [1.54, 1.807) is 30.3 Å². The van der Waals surface area contributed by atoms with Gasteiger partial charge in [0.1, 0.15) is 5.52 Å². The Morgan fingerprint density at radius 3 is 2.64 bits per heavy atom. The van der Waals surface area contributed by atoms with Crippen molar-refractivity contribution in [3.63, 3.8) is 0 Å². The third-order valence-corrected chi connectivity index (χ3v) is 3.57. The average Bonchev–Trinajstić information content (AvgIpc) is 3.05. The van der Waals surface area contributed by atoms with Gasteiger partial charge in [0.05, 0.1) is 12.4 Å². The van der Waals surface area contributed by atoms with Crippen molar-refractivity contribution in [2.24, 2.45) is 7.05 Å². The Hall–Kier alpha value is -2.36. The quantitative estimate of drug-likeness (QED) is 0.739. The smallest absolute Gasteiger partial charge is 0.392 e. The summed E-state index contributed by atoms with van der Waals surface area (Å²) in [7, 11) is 1.71. The van der Waals surface area contributed by atoms with E-state index in [0.29, 0.717) is 11.1 Å². The number of alkyl halides is 3. The van der Waals surface area contributed by atoms with Gasteiger partial charge in [-0.1, -0.05) is 0 Å². The van der Waals surface area contributed by atoms with Gasteiger partial charge in [0.15, 0.2) is 5.75 Å². The first-order valence-corrected chi connectivity index (χ1v) is 7.05. The minimum absolute atomic E-state index is 0.172. The van der Waals surface area contributed by atoms with E-state index in [9.17, 15) is 17.4 Å². The summed E-state index contributed by atoms with van der Waals surface area (Å²) in [4.78, 5) is 0. The van der Waals surface area contributed by atoms with Crippen LogP contribution in [0.1, 0.15) is 0 Å². The highest BCUT2D eigenvalue weighted by molar-refractivity contribution is 7.81. The zero-order valence-electron chi connectivity index (χ0n) is 11.1. The second kappa shape index (κ2) is 5.13. The first-order valence-electron chi connectivity index (χ1n) is 5.98. The maximum atomic E-state index is 12.4. The maximum Gasteiger partial charge on any atom is 0.508 e. The van der Waals surface area contributed by atoms with E-state index < -0.39 is 16.6 Å². The molecule has 0 bridgehead atoms. The predicted octanol–water partition coefficient (Wildman–Crippen LogP) is 2.30. The fourth-order valence-electron chi connectivity index (χ4n) is 1.92. The number of fused-ring (bicyclic) bond motifs is 1. The molecule has 6 nitrogen and oxygen atoms in total. The topological polar surface area (TPSA) is 61.4 Å². The van der Waals surface area contributed by atoms with Crippen LogP contribution < -0.4 is 4.18 Å². The molecule has 0 aliphatic heterocycles. The highest BCUT2D eigenvalue weighted by atomic mass is 32.2. The van der Waals surface area contributed by atoms with Gasteiger partial charge in [-0.2, -0.15) is 23.4 Å². The maximum absolute atomic E-state index is 12.4. The lowest BCUT2D eigenvalue weighted by molar-refractivity contribution is -0.0437. The Bertz CT molecular complexity index is 856. The summed E-state index contributed by atoms with van der Waals surface area (Å²) in [6.45, 7) is 0. The van der Waals surface area contributed by atoms with Crippen LogP contribution in [-0.4, -0.2) is 29.1 Å². The lowest BCUT2D eigenvalue weighted by Crippen LogP contribution is -2.21. The Balaban J connectivity index is 2.08. The molecule has 22 heavy (non-hydrogen) atoms. The van der Waals surface area contributed by atoms with Gasteiger partial charge in [-0.15, -0.1) is 0 Å². The van der Waals surface area contributed by atoms with Gasteiger partial charge >= 0.3 is 16.6 Å². The van der Waals surface area contributed by atoms with Gasteiger partial charge in [-0.3, -0.25) is 4.68 Å². The molecule has 0 saturated heterocycles. The highest BCUT2D eigenvalue weighted by Crippen LogP contribution is 2.30. The minimum atomic E-state index is -4.96. The summed E-state index contributed by atoms with van der Waals surface area (Å²) in [5.74, 6) is -0.172. The second-order valence-electron chi connectivity index (χ2n) is 4.42. The molecule has 3 heterocycles. The zero-order chi connectivity index (χ0) is 15.9. The molecular weight excluding hydrogens is 321 g/mol. The molecule has 0 saturated carbocycles. The number of aromatic nitrogens is 4. The summed E-state index contributed by atoms with van der Waals surface area (Å²) in [6.07, 6.45) is 6.27. The second-order valence-corrected chi connectivity index (χ2v) is 5.52. The van der Waals surface area contributed by atoms with Crippen molar-refractivity contribution in [1.29, 1.82) is 0 Å². The summed E-state index contributed by atoms with van der Waals surface area (Å²) in [5.41, 5.74) is -3.47. The zero-order valence-corrected chi connectivity index (χ0v) is 11.9. The Labute approximate surface area is 124 Å². The van der Waals surface area contributed by atoms with E-state index in [1.807, 2.05) is 0 Å². The van der Waals surface area contributed by atoms with Crippen LogP contribution in [0.5, 0.6) is 5.75 Å². The summed E-state index contributed by atoms with van der Waals surface area (Å²) < 4.78 is 55.9. The number of aryl methyl sites for hydroxylation is 1. The fraction of sp³-hybridized carbons (Fsp3) is 0.167. The van der Waals surface area contributed by atoms with Crippen molar-refractivity contribution in [1.82, 2.24) is 19.4 Å². The molecule has 0 radical (unpaired) electrons. The summed E-state index contributed by atoms with van der Waals surface area (Å²) in [6, 6.07) is 2.84. The molecule has 0 spiro atoms. The number of pyridine rings is 1. The van der Waals surface area contributed by atoms with E-state index >= 15 is 0 Å². The average molecular weight is 330 g/mol. The molecule has 0 N–H and O–H groups in total. The minimum Gasteiger partial charge on any atom is -0.392 e. The van der Waals surface area contributed by atoms with Crippen molar-refractivity contribution in [3.8, 4) is 16.9 Å². The van der Waals surface area contributed by atoms with Crippen LogP contribution in [0.3, 0.4) is 0 Å². The van der Waals surface area contributed by atoms with E-state index in [4.69, 9.17) is 0 Å². The number of hydrogen-bond acceptors (Lipinski definition) is 4. The van der Waals surface area contributed by atoms with Crippen LogP contribution in [-0.2, 0) is 18.1 Å². The van der Waals surface area contributed by atoms with Gasteiger partial charge in [0.25, 0.3) is 0 Å². The van der Waals surface area contributed by atoms with E-state index in [-0.39, 0.29) is 11.3 Å². The normalized spacial score (nSPS) is 13.5. The molecule has 0 fully saturated rings. The predicted molar refractivity (Wildman–Crippen MR) is 72.2 cm³/mol. The third-order valence-electron chi connectivity index (χ3n) is 2.86.